The summed E-state index contributed by atoms with van der Waals surface area (Å²) >= 11 is 11.3. The minimum absolute atomic E-state index is 0.0657. The van der Waals surface area contributed by atoms with Crippen molar-refractivity contribution in [3.8, 4) is 17.9 Å². The third kappa shape index (κ3) is 2.60. The summed E-state index contributed by atoms with van der Waals surface area (Å²) in [6.45, 7) is 0. The van der Waals surface area contributed by atoms with Crippen molar-refractivity contribution in [3.05, 3.63) is 37.9 Å². The number of nitro groups is 1. The molecular weight excluding hydrogens is 239 g/mol. The first-order valence-corrected chi connectivity index (χ1v) is 4.35. The highest BCUT2D eigenvalue weighted by molar-refractivity contribution is 6.42. The van der Waals surface area contributed by atoms with Crippen LogP contribution in [-0.4, -0.2) is 4.92 Å². The summed E-state index contributed by atoms with van der Waals surface area (Å²) in [5, 5.41) is 19.1. The van der Waals surface area contributed by atoms with Gasteiger partial charge in [-0.1, -0.05) is 23.2 Å². The smallest absolute Gasteiger partial charge is 0.258 e. The Morgan fingerprint density at radius 1 is 1.33 bits per heavy atom. The van der Waals surface area contributed by atoms with E-state index in [2.05, 4.69) is 11.8 Å². The lowest BCUT2D eigenvalue weighted by molar-refractivity contribution is -0.385. The molecular formula is C9H2Cl2N2O2. The van der Waals surface area contributed by atoms with Gasteiger partial charge in [0, 0.05) is 12.0 Å². The summed E-state index contributed by atoms with van der Waals surface area (Å²) in [4.78, 5) is 9.97. The molecule has 0 heterocycles. The Bertz CT molecular complexity index is 523. The van der Waals surface area contributed by atoms with Gasteiger partial charge < -0.3 is 0 Å². The second-order valence-electron chi connectivity index (χ2n) is 2.40. The second kappa shape index (κ2) is 4.65. The Hall–Kier alpha value is -1.75. The maximum atomic E-state index is 10.6. The van der Waals surface area contributed by atoms with Crippen LogP contribution in [0.4, 0.5) is 5.69 Å². The molecule has 74 valence electrons. The van der Waals surface area contributed by atoms with Crippen LogP contribution < -0.4 is 0 Å². The molecule has 0 unspecified atom stereocenters. The molecule has 0 fully saturated rings. The monoisotopic (exact) mass is 240 g/mol. The molecule has 0 N–H and O–H groups in total. The standard InChI is InChI=1S/C9H2Cl2N2O2/c10-7-4-6(2-1-3-12)9(13(14)15)5-8(7)11/h4-5H. The van der Waals surface area contributed by atoms with Gasteiger partial charge in [0.2, 0.25) is 0 Å². The van der Waals surface area contributed by atoms with Gasteiger partial charge in [0.1, 0.15) is 5.56 Å². The topological polar surface area (TPSA) is 66.9 Å². The zero-order valence-electron chi connectivity index (χ0n) is 7.12. The summed E-state index contributed by atoms with van der Waals surface area (Å²) < 4.78 is 0. The average molecular weight is 241 g/mol. The van der Waals surface area contributed by atoms with Gasteiger partial charge in [-0.15, -0.1) is 0 Å². The van der Waals surface area contributed by atoms with Crippen molar-refractivity contribution in [2.75, 3.05) is 0 Å². The van der Waals surface area contributed by atoms with E-state index in [0.717, 1.165) is 6.07 Å². The first kappa shape index (κ1) is 11.3. The van der Waals surface area contributed by atoms with Crippen LogP contribution in [0.3, 0.4) is 0 Å². The summed E-state index contributed by atoms with van der Waals surface area (Å²) in [5.41, 5.74) is -0.205. The first-order chi connectivity index (χ1) is 7.06. The lowest BCUT2D eigenvalue weighted by atomic mass is 10.2. The number of nitrogens with zero attached hydrogens (tertiary/aromatic N) is 2. The van der Waals surface area contributed by atoms with E-state index in [-0.39, 0.29) is 21.3 Å². The fraction of sp³-hybridized carbons (Fsp3) is 0. The van der Waals surface area contributed by atoms with Crippen LogP contribution in [0.15, 0.2) is 12.1 Å². The quantitative estimate of drug-likeness (QED) is 0.431. The maximum Gasteiger partial charge on any atom is 0.286 e. The Morgan fingerprint density at radius 3 is 2.47 bits per heavy atom. The third-order valence-corrected chi connectivity index (χ3v) is 2.21. The van der Waals surface area contributed by atoms with E-state index in [1.54, 1.807) is 6.07 Å². The van der Waals surface area contributed by atoms with Crippen molar-refractivity contribution in [2.24, 2.45) is 0 Å². The Kier molecular flexibility index (Phi) is 3.51. The van der Waals surface area contributed by atoms with Crippen LogP contribution >= 0.6 is 23.2 Å². The third-order valence-electron chi connectivity index (χ3n) is 1.49. The van der Waals surface area contributed by atoms with Gasteiger partial charge in [0.15, 0.2) is 6.07 Å². The zero-order valence-corrected chi connectivity index (χ0v) is 8.63. The number of hydrogen-bond acceptors (Lipinski definition) is 3. The summed E-state index contributed by atoms with van der Waals surface area (Å²) in [5.74, 6) is 4.37. The Labute approximate surface area is 95.2 Å². The van der Waals surface area contributed by atoms with Crippen LogP contribution in [0.1, 0.15) is 5.56 Å². The molecule has 1 aromatic carbocycles. The molecule has 0 aromatic heterocycles. The number of nitro benzene ring substituents is 1. The van der Waals surface area contributed by atoms with Crippen LogP contribution in [0.25, 0.3) is 0 Å². The molecule has 0 radical (unpaired) electrons. The van der Waals surface area contributed by atoms with Gasteiger partial charge in [-0.25, -0.2) is 0 Å². The predicted octanol–water partition coefficient (Wildman–Crippen LogP) is 2.78. The molecule has 0 aliphatic carbocycles. The molecule has 4 nitrogen and oxygen atoms in total. The van der Waals surface area contributed by atoms with E-state index in [1.807, 2.05) is 0 Å². The number of nitriles is 1. The molecule has 0 bridgehead atoms. The number of rotatable bonds is 1. The SMILES string of the molecule is N#CC#Cc1cc(Cl)c(Cl)cc1[N+](=O)[O-]. The normalized spacial score (nSPS) is 8.60. The highest BCUT2D eigenvalue weighted by Gasteiger charge is 2.15. The van der Waals surface area contributed by atoms with Crippen molar-refractivity contribution >= 4 is 28.9 Å². The summed E-state index contributed by atoms with van der Waals surface area (Å²) in [6, 6.07) is 3.92. The molecule has 0 spiro atoms. The molecule has 0 aliphatic rings. The zero-order chi connectivity index (χ0) is 11.4. The minimum atomic E-state index is -0.635. The Balaban J connectivity index is 3.43. The summed E-state index contributed by atoms with van der Waals surface area (Å²) in [6.07, 6.45) is 0. The number of halogens is 2. The van der Waals surface area contributed by atoms with Crippen LogP contribution in [-0.2, 0) is 0 Å². The summed E-state index contributed by atoms with van der Waals surface area (Å²) in [7, 11) is 0. The lowest BCUT2D eigenvalue weighted by Crippen LogP contribution is -1.92. The molecule has 0 saturated carbocycles. The van der Waals surface area contributed by atoms with Crippen molar-refractivity contribution in [1.82, 2.24) is 0 Å². The van der Waals surface area contributed by atoms with E-state index in [9.17, 15) is 10.1 Å². The molecule has 15 heavy (non-hydrogen) atoms. The van der Waals surface area contributed by atoms with Crippen molar-refractivity contribution in [3.63, 3.8) is 0 Å². The maximum absolute atomic E-state index is 10.6. The van der Waals surface area contributed by atoms with Crippen molar-refractivity contribution in [2.45, 2.75) is 0 Å². The predicted molar refractivity (Wildman–Crippen MR) is 55.6 cm³/mol. The average Bonchev–Trinajstić information content (AvgIpc) is 2.19. The largest absolute Gasteiger partial charge is 0.286 e. The van der Waals surface area contributed by atoms with E-state index in [1.165, 1.54) is 6.07 Å². The highest BCUT2D eigenvalue weighted by Crippen LogP contribution is 2.29. The number of benzene rings is 1. The van der Waals surface area contributed by atoms with Crippen LogP contribution in [0, 0.1) is 33.3 Å². The first-order valence-electron chi connectivity index (χ1n) is 3.60. The fourth-order valence-corrected chi connectivity index (χ4v) is 1.20. The molecule has 1 aromatic rings. The molecule has 0 amide bonds. The van der Waals surface area contributed by atoms with Crippen LogP contribution in [0.5, 0.6) is 0 Å². The fourth-order valence-electron chi connectivity index (χ4n) is 0.883. The second-order valence-corrected chi connectivity index (χ2v) is 3.22. The van der Waals surface area contributed by atoms with Crippen LogP contribution in [0.2, 0.25) is 10.0 Å². The van der Waals surface area contributed by atoms with Gasteiger partial charge in [-0.2, -0.15) is 5.26 Å². The van der Waals surface area contributed by atoms with Gasteiger partial charge in [0.05, 0.1) is 15.0 Å². The molecule has 0 aliphatic heterocycles. The van der Waals surface area contributed by atoms with E-state index in [0.29, 0.717) is 0 Å². The van der Waals surface area contributed by atoms with Crippen molar-refractivity contribution in [1.29, 1.82) is 5.26 Å². The van der Waals surface area contributed by atoms with Gasteiger partial charge >= 0.3 is 0 Å². The molecule has 0 saturated heterocycles. The molecule has 0 atom stereocenters. The van der Waals surface area contributed by atoms with E-state index < -0.39 is 4.92 Å². The van der Waals surface area contributed by atoms with Crippen molar-refractivity contribution < 1.29 is 4.92 Å². The van der Waals surface area contributed by atoms with E-state index >= 15 is 0 Å². The molecule has 6 heteroatoms. The van der Waals surface area contributed by atoms with Gasteiger partial charge in [-0.05, 0) is 12.0 Å². The van der Waals surface area contributed by atoms with Gasteiger partial charge in [0.25, 0.3) is 5.69 Å². The highest BCUT2D eigenvalue weighted by atomic mass is 35.5. The minimum Gasteiger partial charge on any atom is -0.258 e. The van der Waals surface area contributed by atoms with E-state index in [4.69, 9.17) is 28.5 Å². The number of hydrogen-bond donors (Lipinski definition) is 0. The lowest BCUT2D eigenvalue weighted by Gasteiger charge is -1.98. The Morgan fingerprint density at radius 2 is 1.93 bits per heavy atom. The van der Waals surface area contributed by atoms with Gasteiger partial charge in [-0.3, -0.25) is 10.1 Å². The molecule has 1 rings (SSSR count).